The molecule has 0 radical (unpaired) electrons. The maximum atomic E-state index is 5.18. The van der Waals surface area contributed by atoms with Gasteiger partial charge in [0, 0.05) is 50.2 Å². The van der Waals surface area contributed by atoms with E-state index in [9.17, 15) is 0 Å². The number of aromatic nitrogens is 4. The Hall–Kier alpha value is -6.78. The molecule has 0 fully saturated rings. The molecule has 10 aromatic rings. The van der Waals surface area contributed by atoms with Crippen LogP contribution in [-0.4, -0.2) is 19.1 Å². The van der Waals surface area contributed by atoms with E-state index in [4.69, 9.17) is 9.97 Å². The van der Waals surface area contributed by atoms with E-state index in [1.807, 2.05) is 12.1 Å². The molecule has 0 saturated carbocycles. The van der Waals surface area contributed by atoms with Gasteiger partial charge in [-0.05, 0) is 71.8 Å². The van der Waals surface area contributed by atoms with Crippen molar-refractivity contribution in [2.24, 2.45) is 0 Å². The Labute approximate surface area is 289 Å². The molecular weight excluding hydrogens is 609 g/mol. The molecule has 10 rings (SSSR count). The molecule has 0 aliphatic heterocycles. The largest absolute Gasteiger partial charge is 0.316 e. The lowest BCUT2D eigenvalue weighted by Crippen LogP contribution is -1.96. The molecule has 4 heteroatoms. The molecule has 234 valence electrons. The Morgan fingerprint density at radius 3 is 1.80 bits per heavy atom. The zero-order valence-electron chi connectivity index (χ0n) is 27.1. The normalized spacial score (nSPS) is 11.6. The van der Waals surface area contributed by atoms with Gasteiger partial charge < -0.3 is 9.13 Å². The summed E-state index contributed by atoms with van der Waals surface area (Å²) in [4.78, 5) is 10.3. The van der Waals surface area contributed by atoms with Gasteiger partial charge in [0.15, 0.2) is 5.82 Å². The van der Waals surface area contributed by atoms with Crippen molar-refractivity contribution in [3.8, 4) is 45.1 Å². The van der Waals surface area contributed by atoms with E-state index >= 15 is 0 Å². The number of benzene rings is 7. The Balaban J connectivity index is 1.17. The van der Waals surface area contributed by atoms with E-state index in [0.29, 0.717) is 0 Å². The first-order valence-corrected chi connectivity index (χ1v) is 16.9. The van der Waals surface area contributed by atoms with Crippen LogP contribution in [0, 0.1) is 0 Å². The number of rotatable bonds is 5. The van der Waals surface area contributed by atoms with E-state index in [0.717, 1.165) is 56.0 Å². The van der Waals surface area contributed by atoms with Crippen LogP contribution >= 0.6 is 0 Å². The highest BCUT2D eigenvalue weighted by molar-refractivity contribution is 6.19. The van der Waals surface area contributed by atoms with Crippen LogP contribution in [0.4, 0.5) is 0 Å². The van der Waals surface area contributed by atoms with E-state index in [2.05, 4.69) is 179 Å². The molecular formula is C46H30N4. The molecule has 7 aromatic carbocycles. The summed E-state index contributed by atoms with van der Waals surface area (Å²) in [5.74, 6) is 0.719. The summed E-state index contributed by atoms with van der Waals surface area (Å²) in [7, 11) is 0. The van der Waals surface area contributed by atoms with E-state index in [1.54, 1.807) is 0 Å². The lowest BCUT2D eigenvalue weighted by atomic mass is 10.0. The van der Waals surface area contributed by atoms with Gasteiger partial charge in [0.2, 0.25) is 0 Å². The standard InChI is InChI=1S/C46H30N4/c1-4-12-31(13-5-1)32-20-23-35(24-21-32)49-29-28-39-42(49)27-25-37-40-30-34(22-26-43(40)50(45(37)39)36-16-8-3-9-17-36)46-47-41-19-11-10-18-38(41)44(48-46)33-14-6-2-7-15-33/h1-30H. The number of nitrogens with zero attached hydrogens (tertiary/aromatic N) is 4. The van der Waals surface area contributed by atoms with Crippen molar-refractivity contribution in [1.29, 1.82) is 0 Å². The van der Waals surface area contributed by atoms with Crippen molar-refractivity contribution in [3.05, 3.63) is 182 Å². The summed E-state index contributed by atoms with van der Waals surface area (Å²) >= 11 is 0. The molecule has 3 heterocycles. The molecule has 0 bridgehead atoms. The SMILES string of the molecule is c1ccc(-c2ccc(-n3ccc4c3ccc3c5cc(-c6nc(-c7ccccc7)c7ccccc7n6)ccc5n(-c5ccccc5)c34)cc2)cc1. The summed E-state index contributed by atoms with van der Waals surface area (Å²) < 4.78 is 4.69. The Kier molecular flexibility index (Phi) is 6.46. The molecule has 0 amide bonds. The fourth-order valence-corrected chi connectivity index (χ4v) is 7.40. The lowest BCUT2D eigenvalue weighted by molar-refractivity contribution is 1.13. The molecule has 0 spiro atoms. The number of fused-ring (bicyclic) bond motifs is 6. The van der Waals surface area contributed by atoms with E-state index in [-0.39, 0.29) is 0 Å². The third-order valence-corrected chi connectivity index (χ3v) is 9.77. The van der Waals surface area contributed by atoms with Crippen LogP contribution < -0.4 is 0 Å². The second-order valence-corrected chi connectivity index (χ2v) is 12.7. The summed E-state index contributed by atoms with van der Waals surface area (Å²) in [6, 6.07) is 62.1. The highest BCUT2D eigenvalue weighted by atomic mass is 15.0. The van der Waals surface area contributed by atoms with E-state index < -0.39 is 0 Å². The van der Waals surface area contributed by atoms with Crippen LogP contribution in [0.1, 0.15) is 0 Å². The first-order valence-electron chi connectivity index (χ1n) is 16.9. The number of para-hydroxylation sites is 2. The topological polar surface area (TPSA) is 35.6 Å². The van der Waals surface area contributed by atoms with Gasteiger partial charge in [0.05, 0.1) is 27.8 Å². The number of hydrogen-bond donors (Lipinski definition) is 0. The summed E-state index contributed by atoms with van der Waals surface area (Å²) in [5, 5.41) is 4.61. The molecule has 50 heavy (non-hydrogen) atoms. The van der Waals surface area contributed by atoms with Gasteiger partial charge in [0.25, 0.3) is 0 Å². The average Bonchev–Trinajstić information content (AvgIpc) is 3.78. The Bertz CT molecular complexity index is 2830. The highest BCUT2D eigenvalue weighted by Crippen LogP contribution is 2.39. The Morgan fingerprint density at radius 1 is 0.380 bits per heavy atom. The third kappa shape index (κ3) is 4.54. The van der Waals surface area contributed by atoms with Gasteiger partial charge in [0.1, 0.15) is 0 Å². The van der Waals surface area contributed by atoms with Gasteiger partial charge in [-0.3, -0.25) is 0 Å². The van der Waals surface area contributed by atoms with Crippen molar-refractivity contribution in [2.75, 3.05) is 0 Å². The fraction of sp³-hybridized carbons (Fsp3) is 0. The quantitative estimate of drug-likeness (QED) is 0.188. The highest BCUT2D eigenvalue weighted by Gasteiger charge is 2.19. The Morgan fingerprint density at radius 2 is 1.02 bits per heavy atom. The monoisotopic (exact) mass is 638 g/mol. The maximum absolute atomic E-state index is 5.18. The van der Waals surface area contributed by atoms with Crippen molar-refractivity contribution in [3.63, 3.8) is 0 Å². The fourth-order valence-electron chi connectivity index (χ4n) is 7.40. The average molecular weight is 639 g/mol. The van der Waals surface area contributed by atoms with Crippen LogP contribution in [-0.2, 0) is 0 Å². The maximum Gasteiger partial charge on any atom is 0.160 e. The first-order chi connectivity index (χ1) is 24.8. The van der Waals surface area contributed by atoms with Gasteiger partial charge in [-0.2, -0.15) is 0 Å². The summed E-state index contributed by atoms with van der Waals surface area (Å²) in [6.45, 7) is 0. The summed E-state index contributed by atoms with van der Waals surface area (Å²) in [5.41, 5.74) is 12.1. The van der Waals surface area contributed by atoms with E-state index in [1.165, 1.54) is 32.8 Å². The van der Waals surface area contributed by atoms with Crippen molar-refractivity contribution in [2.45, 2.75) is 0 Å². The molecule has 0 unspecified atom stereocenters. The van der Waals surface area contributed by atoms with Gasteiger partial charge >= 0.3 is 0 Å². The van der Waals surface area contributed by atoms with Crippen molar-refractivity contribution >= 4 is 43.6 Å². The molecule has 4 nitrogen and oxygen atoms in total. The molecule has 0 N–H and O–H groups in total. The molecule has 0 aliphatic rings. The van der Waals surface area contributed by atoms with Gasteiger partial charge in [-0.25, -0.2) is 9.97 Å². The third-order valence-electron chi connectivity index (χ3n) is 9.77. The smallest absolute Gasteiger partial charge is 0.160 e. The van der Waals surface area contributed by atoms with Crippen LogP contribution in [0.3, 0.4) is 0 Å². The van der Waals surface area contributed by atoms with Crippen molar-refractivity contribution < 1.29 is 0 Å². The second kappa shape index (κ2) is 11.4. The zero-order valence-corrected chi connectivity index (χ0v) is 27.1. The second-order valence-electron chi connectivity index (χ2n) is 12.7. The minimum atomic E-state index is 0.719. The molecule has 3 aromatic heterocycles. The van der Waals surface area contributed by atoms with Gasteiger partial charge in [-0.1, -0.05) is 115 Å². The van der Waals surface area contributed by atoms with Crippen LogP contribution in [0.15, 0.2) is 182 Å². The predicted molar refractivity (Wildman–Crippen MR) is 207 cm³/mol. The van der Waals surface area contributed by atoms with Crippen molar-refractivity contribution in [1.82, 2.24) is 19.1 Å². The number of hydrogen-bond acceptors (Lipinski definition) is 2. The predicted octanol–water partition coefficient (Wildman–Crippen LogP) is 11.7. The lowest BCUT2D eigenvalue weighted by Gasteiger charge is -2.11. The van der Waals surface area contributed by atoms with Gasteiger partial charge in [-0.15, -0.1) is 0 Å². The molecule has 0 saturated heterocycles. The van der Waals surface area contributed by atoms with Crippen LogP contribution in [0.5, 0.6) is 0 Å². The minimum absolute atomic E-state index is 0.719. The zero-order chi connectivity index (χ0) is 33.0. The van der Waals surface area contributed by atoms with Crippen LogP contribution in [0.2, 0.25) is 0 Å². The molecule has 0 atom stereocenters. The minimum Gasteiger partial charge on any atom is -0.316 e. The first kappa shape index (κ1) is 28.3. The van der Waals surface area contributed by atoms with Crippen LogP contribution in [0.25, 0.3) is 88.8 Å². The summed E-state index contributed by atoms with van der Waals surface area (Å²) in [6.07, 6.45) is 2.19. The molecule has 0 aliphatic carbocycles.